The first-order chi connectivity index (χ1) is 6.56. The van der Waals surface area contributed by atoms with Crippen molar-refractivity contribution in [1.82, 2.24) is 4.72 Å². The molecule has 1 aliphatic carbocycles. The fourth-order valence-electron chi connectivity index (χ4n) is 2.60. The maximum absolute atomic E-state index is 11.1. The van der Waals surface area contributed by atoms with E-state index in [1.807, 2.05) is 0 Å². The zero-order valence-corrected chi connectivity index (χ0v) is 9.22. The van der Waals surface area contributed by atoms with Crippen LogP contribution in [0.15, 0.2) is 0 Å². The maximum atomic E-state index is 11.1. The van der Waals surface area contributed by atoms with Gasteiger partial charge in [0.15, 0.2) is 0 Å². The third-order valence-corrected chi connectivity index (χ3v) is 3.88. The van der Waals surface area contributed by atoms with Gasteiger partial charge in [0.25, 0.3) is 0 Å². The van der Waals surface area contributed by atoms with Gasteiger partial charge in [-0.15, -0.1) is 0 Å². The molecule has 2 fully saturated rings. The van der Waals surface area contributed by atoms with Gasteiger partial charge in [-0.05, 0) is 25.7 Å². The summed E-state index contributed by atoms with van der Waals surface area (Å²) in [5.41, 5.74) is 0. The zero-order chi connectivity index (χ0) is 10.2. The quantitative estimate of drug-likeness (QED) is 0.735. The second-order valence-electron chi connectivity index (χ2n) is 4.29. The predicted octanol–water partition coefficient (Wildman–Crippen LogP) is 0.493. The molecule has 0 amide bonds. The van der Waals surface area contributed by atoms with Crippen LogP contribution in [0.25, 0.3) is 0 Å². The van der Waals surface area contributed by atoms with E-state index in [0.717, 1.165) is 32.3 Å². The van der Waals surface area contributed by atoms with Crippen LogP contribution in [0.5, 0.6) is 0 Å². The Bertz CT molecular complexity index is 301. The van der Waals surface area contributed by atoms with E-state index in [0.29, 0.717) is 12.0 Å². The largest absolute Gasteiger partial charge is 0.378 e. The van der Waals surface area contributed by atoms with Gasteiger partial charge >= 0.3 is 0 Å². The van der Waals surface area contributed by atoms with Crippen molar-refractivity contribution in [2.24, 2.45) is 5.92 Å². The second-order valence-corrected chi connectivity index (χ2v) is 6.07. The summed E-state index contributed by atoms with van der Waals surface area (Å²) in [6.45, 7) is 0.789. The third kappa shape index (κ3) is 2.27. The highest BCUT2D eigenvalue weighted by molar-refractivity contribution is 7.88. The van der Waals surface area contributed by atoms with Crippen molar-refractivity contribution in [3.63, 3.8) is 0 Å². The van der Waals surface area contributed by atoms with Crippen LogP contribution < -0.4 is 4.72 Å². The van der Waals surface area contributed by atoms with Gasteiger partial charge in [-0.2, -0.15) is 0 Å². The molecular formula is C9H17NO3S. The molecule has 4 nitrogen and oxygen atoms in total. The second kappa shape index (κ2) is 3.79. The first-order valence-corrected chi connectivity index (χ1v) is 7.04. The van der Waals surface area contributed by atoms with Gasteiger partial charge in [0.1, 0.15) is 0 Å². The lowest BCUT2D eigenvalue weighted by atomic mass is 9.82. The number of sulfonamides is 1. The van der Waals surface area contributed by atoms with Crippen LogP contribution in [0, 0.1) is 5.92 Å². The zero-order valence-electron chi connectivity index (χ0n) is 8.40. The lowest BCUT2D eigenvalue weighted by molar-refractivity contribution is 0.0570. The van der Waals surface area contributed by atoms with Crippen molar-refractivity contribution < 1.29 is 13.2 Å². The first kappa shape index (κ1) is 10.4. The van der Waals surface area contributed by atoms with E-state index in [4.69, 9.17) is 4.74 Å². The standard InChI is InChI=1S/C9H17NO3S/c1-14(11,12)10-8-3-2-4-9-7(8)5-6-13-9/h7-10H,2-6H2,1H3/t7-,8-,9+/m1/s1. The monoisotopic (exact) mass is 219 g/mol. The van der Waals surface area contributed by atoms with Crippen LogP contribution in [0.4, 0.5) is 0 Å². The molecule has 1 saturated heterocycles. The lowest BCUT2D eigenvalue weighted by Gasteiger charge is -2.32. The van der Waals surface area contributed by atoms with Gasteiger partial charge in [0.05, 0.1) is 12.4 Å². The average molecular weight is 219 g/mol. The van der Waals surface area contributed by atoms with Crippen molar-refractivity contribution in [2.75, 3.05) is 12.9 Å². The van der Waals surface area contributed by atoms with Crippen LogP contribution in [0.1, 0.15) is 25.7 Å². The molecule has 1 heterocycles. The number of hydrogen-bond acceptors (Lipinski definition) is 3. The van der Waals surface area contributed by atoms with E-state index in [1.165, 1.54) is 6.26 Å². The van der Waals surface area contributed by atoms with Gasteiger partial charge in [-0.3, -0.25) is 0 Å². The molecule has 0 spiro atoms. The van der Waals surface area contributed by atoms with E-state index in [-0.39, 0.29) is 6.04 Å². The summed E-state index contributed by atoms with van der Waals surface area (Å²) in [5, 5.41) is 0. The average Bonchev–Trinajstić information content (AvgIpc) is 2.49. The van der Waals surface area contributed by atoms with Gasteiger partial charge in [-0.1, -0.05) is 0 Å². The summed E-state index contributed by atoms with van der Waals surface area (Å²) in [4.78, 5) is 0. The number of fused-ring (bicyclic) bond motifs is 1. The van der Waals surface area contributed by atoms with Crippen LogP contribution in [-0.4, -0.2) is 33.4 Å². The van der Waals surface area contributed by atoms with Gasteiger partial charge in [0.2, 0.25) is 10.0 Å². The van der Waals surface area contributed by atoms with Crippen molar-refractivity contribution in [3.05, 3.63) is 0 Å². The molecule has 1 saturated carbocycles. The Morgan fingerprint density at radius 3 is 2.79 bits per heavy atom. The van der Waals surface area contributed by atoms with E-state index in [2.05, 4.69) is 4.72 Å². The topological polar surface area (TPSA) is 55.4 Å². The third-order valence-electron chi connectivity index (χ3n) is 3.15. The minimum Gasteiger partial charge on any atom is -0.378 e. The van der Waals surface area contributed by atoms with Crippen molar-refractivity contribution in [3.8, 4) is 0 Å². The highest BCUT2D eigenvalue weighted by Gasteiger charge is 2.38. The molecule has 2 rings (SSSR count). The van der Waals surface area contributed by atoms with Crippen molar-refractivity contribution >= 4 is 10.0 Å². The lowest BCUT2D eigenvalue weighted by Crippen LogP contribution is -2.45. The molecular weight excluding hydrogens is 202 g/mol. The Hall–Kier alpha value is -0.130. The van der Waals surface area contributed by atoms with Crippen molar-refractivity contribution in [1.29, 1.82) is 0 Å². The van der Waals surface area contributed by atoms with E-state index >= 15 is 0 Å². The molecule has 0 aromatic rings. The number of nitrogens with one attached hydrogen (secondary N) is 1. The minimum atomic E-state index is -3.07. The molecule has 0 radical (unpaired) electrons. The van der Waals surface area contributed by atoms with Gasteiger partial charge in [-0.25, -0.2) is 13.1 Å². The molecule has 5 heteroatoms. The van der Waals surface area contributed by atoms with Crippen LogP contribution in [-0.2, 0) is 14.8 Å². The molecule has 0 unspecified atom stereocenters. The fourth-order valence-corrected chi connectivity index (χ4v) is 3.44. The molecule has 0 aromatic heterocycles. The summed E-state index contributed by atoms with van der Waals surface area (Å²) in [5.74, 6) is 0.401. The van der Waals surface area contributed by atoms with E-state index in [9.17, 15) is 8.42 Å². The Labute approximate surface area is 85.1 Å². The molecule has 2 aliphatic rings. The van der Waals surface area contributed by atoms with Crippen LogP contribution in [0.2, 0.25) is 0 Å². The Morgan fingerprint density at radius 2 is 2.07 bits per heavy atom. The first-order valence-electron chi connectivity index (χ1n) is 5.15. The van der Waals surface area contributed by atoms with E-state index in [1.54, 1.807) is 0 Å². The smallest absolute Gasteiger partial charge is 0.208 e. The Kier molecular flexibility index (Phi) is 2.81. The molecule has 14 heavy (non-hydrogen) atoms. The summed E-state index contributed by atoms with van der Waals surface area (Å²) in [7, 11) is -3.07. The van der Waals surface area contributed by atoms with Crippen molar-refractivity contribution in [2.45, 2.75) is 37.8 Å². The summed E-state index contributed by atoms with van der Waals surface area (Å²) >= 11 is 0. The normalized spacial score (nSPS) is 38.2. The Balaban J connectivity index is 2.03. The SMILES string of the molecule is CS(=O)(=O)N[C@@H]1CCC[C@@H]2OCC[C@@H]21. The Morgan fingerprint density at radius 1 is 1.29 bits per heavy atom. The maximum Gasteiger partial charge on any atom is 0.208 e. The van der Waals surface area contributed by atoms with Gasteiger partial charge < -0.3 is 4.74 Å². The summed E-state index contributed by atoms with van der Waals surface area (Å²) in [6.07, 6.45) is 5.63. The fraction of sp³-hybridized carbons (Fsp3) is 1.00. The highest BCUT2D eigenvalue weighted by Crippen LogP contribution is 2.34. The summed E-state index contributed by atoms with van der Waals surface area (Å²) < 4.78 is 30.6. The summed E-state index contributed by atoms with van der Waals surface area (Å²) in [6, 6.07) is 0.103. The molecule has 3 atom stereocenters. The van der Waals surface area contributed by atoms with Crippen LogP contribution in [0.3, 0.4) is 0 Å². The molecule has 1 N–H and O–H groups in total. The van der Waals surface area contributed by atoms with Crippen LogP contribution >= 0.6 is 0 Å². The predicted molar refractivity (Wildman–Crippen MR) is 53.5 cm³/mol. The number of hydrogen-bond donors (Lipinski definition) is 1. The van der Waals surface area contributed by atoms with Gasteiger partial charge in [0, 0.05) is 18.6 Å². The number of ether oxygens (including phenoxy) is 1. The molecule has 0 bridgehead atoms. The highest BCUT2D eigenvalue weighted by atomic mass is 32.2. The molecule has 0 aromatic carbocycles. The minimum absolute atomic E-state index is 0.103. The molecule has 1 aliphatic heterocycles. The van der Waals surface area contributed by atoms with E-state index < -0.39 is 10.0 Å². The molecule has 82 valence electrons. The number of rotatable bonds is 2.